The number of piperazine rings is 1. The van der Waals surface area contributed by atoms with Crippen LogP contribution in [-0.2, 0) is 25.6 Å². The number of pyridine rings is 1. The molecule has 1 unspecified atom stereocenters. The Hall–Kier alpha value is -5.53. The molecule has 1 atom stereocenters. The number of nitrogens with one attached hydrogen (secondary N) is 2. The SMILES string of the molecule is C=C1CCC(N2C(=O)c3ccc(OCCN4CCN(CCOCCOCc5nc6cnc(Nc7ccnc(N8CCC(OC)CC8)n7)cc6n5C(C)C)CC4)cc3C2=O)C(=O)N1. The topological polar surface area (TPSA) is 182 Å². The van der Waals surface area contributed by atoms with E-state index in [1.807, 2.05) is 12.1 Å². The lowest BCUT2D eigenvalue weighted by Gasteiger charge is -2.34. The van der Waals surface area contributed by atoms with Crippen LogP contribution in [-0.4, -0.2) is 155 Å². The molecule has 4 aliphatic heterocycles. The molecule has 0 bridgehead atoms. The van der Waals surface area contributed by atoms with Gasteiger partial charge in [0, 0.05) is 83.5 Å². The van der Waals surface area contributed by atoms with Crippen LogP contribution < -0.4 is 20.3 Å². The van der Waals surface area contributed by atoms with E-state index in [0.29, 0.717) is 80.5 Å². The van der Waals surface area contributed by atoms with E-state index in [0.717, 1.165) is 87.0 Å². The summed E-state index contributed by atoms with van der Waals surface area (Å²) >= 11 is 0. The van der Waals surface area contributed by atoms with Gasteiger partial charge in [0.15, 0.2) is 0 Å². The molecular weight excluding hydrogens is 795 g/mol. The normalized spacial score (nSPS) is 19.2. The average molecular weight is 852 g/mol. The number of hydrogen-bond acceptors (Lipinski definition) is 15. The van der Waals surface area contributed by atoms with Crippen LogP contribution in [0.4, 0.5) is 17.6 Å². The number of carbonyl (C=O) groups excluding carboxylic acids is 3. The van der Waals surface area contributed by atoms with E-state index in [1.54, 1.807) is 37.7 Å². The molecule has 1 aromatic carbocycles. The van der Waals surface area contributed by atoms with Gasteiger partial charge >= 0.3 is 0 Å². The third-order valence-electron chi connectivity index (χ3n) is 11.9. The fourth-order valence-electron chi connectivity index (χ4n) is 8.51. The van der Waals surface area contributed by atoms with Crippen molar-refractivity contribution < 1.29 is 33.3 Å². The van der Waals surface area contributed by atoms with Crippen molar-refractivity contribution in [1.29, 1.82) is 0 Å². The van der Waals surface area contributed by atoms with Gasteiger partial charge in [-0.2, -0.15) is 4.98 Å². The molecule has 3 amide bonds. The second-order valence-corrected chi connectivity index (χ2v) is 16.4. The third kappa shape index (κ3) is 9.89. The first-order valence-electron chi connectivity index (χ1n) is 21.6. The first-order valence-corrected chi connectivity index (χ1v) is 21.6. The van der Waals surface area contributed by atoms with Crippen LogP contribution in [0.2, 0.25) is 0 Å². The van der Waals surface area contributed by atoms with Gasteiger partial charge in [-0.1, -0.05) is 6.58 Å². The van der Waals surface area contributed by atoms with Crippen molar-refractivity contribution in [3.8, 4) is 5.75 Å². The number of piperidine rings is 2. The van der Waals surface area contributed by atoms with Gasteiger partial charge in [-0.25, -0.2) is 15.0 Å². The maximum absolute atomic E-state index is 13.2. The zero-order valence-electron chi connectivity index (χ0n) is 35.9. The minimum Gasteiger partial charge on any atom is -0.492 e. The summed E-state index contributed by atoms with van der Waals surface area (Å²) in [5.41, 5.74) is 2.93. The molecule has 4 aromatic rings. The van der Waals surface area contributed by atoms with E-state index in [1.165, 1.54) is 0 Å². The highest BCUT2D eigenvalue weighted by atomic mass is 16.5. The maximum Gasteiger partial charge on any atom is 0.262 e. The van der Waals surface area contributed by atoms with Crippen molar-refractivity contribution in [2.24, 2.45) is 0 Å². The molecule has 7 heterocycles. The highest BCUT2D eigenvalue weighted by Crippen LogP contribution is 2.31. The van der Waals surface area contributed by atoms with Gasteiger partial charge in [0.2, 0.25) is 11.9 Å². The summed E-state index contributed by atoms with van der Waals surface area (Å²) in [5.74, 6) is 2.12. The molecule has 330 valence electrons. The number of imide groups is 1. The molecule has 3 fully saturated rings. The number of amides is 3. The molecule has 4 aliphatic rings. The summed E-state index contributed by atoms with van der Waals surface area (Å²) in [6.07, 6.45) is 6.64. The molecule has 62 heavy (non-hydrogen) atoms. The number of nitrogens with zero attached hydrogens (tertiary/aromatic N) is 9. The molecule has 3 saturated heterocycles. The number of fused-ring (bicyclic) bond motifs is 2. The van der Waals surface area contributed by atoms with Crippen LogP contribution in [0.25, 0.3) is 11.0 Å². The van der Waals surface area contributed by atoms with Gasteiger partial charge in [0.25, 0.3) is 11.8 Å². The van der Waals surface area contributed by atoms with E-state index in [4.69, 9.17) is 28.9 Å². The first kappa shape index (κ1) is 43.1. The Morgan fingerprint density at radius 3 is 2.32 bits per heavy atom. The zero-order chi connectivity index (χ0) is 43.2. The quantitative estimate of drug-likeness (QED) is 0.109. The molecule has 3 aromatic heterocycles. The van der Waals surface area contributed by atoms with E-state index in [9.17, 15) is 14.4 Å². The van der Waals surface area contributed by atoms with Gasteiger partial charge in [-0.15, -0.1) is 0 Å². The number of carbonyl (C=O) groups is 3. The van der Waals surface area contributed by atoms with E-state index >= 15 is 0 Å². The number of anilines is 3. The summed E-state index contributed by atoms with van der Waals surface area (Å²) in [6.45, 7) is 17.4. The Bertz CT molecular complexity index is 2250. The monoisotopic (exact) mass is 851 g/mol. The highest BCUT2D eigenvalue weighted by Gasteiger charge is 2.44. The molecule has 0 aliphatic carbocycles. The molecule has 0 saturated carbocycles. The Labute approximate surface area is 361 Å². The molecule has 0 spiro atoms. The number of aromatic nitrogens is 5. The van der Waals surface area contributed by atoms with Crippen LogP contribution >= 0.6 is 0 Å². The summed E-state index contributed by atoms with van der Waals surface area (Å²) in [7, 11) is 1.77. The van der Waals surface area contributed by atoms with Crippen LogP contribution in [0.3, 0.4) is 0 Å². The second-order valence-electron chi connectivity index (χ2n) is 16.4. The molecule has 8 rings (SSSR count). The van der Waals surface area contributed by atoms with Gasteiger partial charge in [0.1, 0.15) is 48.0 Å². The standard InChI is InChI=1S/C44H57N11O7/c1-29(2)54-37-26-39(49-38-9-12-45-44(50-38)53-13-10-31(59-4)11-14-53)46-27-35(37)48-40(54)28-61-24-23-60-21-19-51-15-17-52(18-16-51)20-22-62-32-6-7-33-34(25-32)43(58)55(42(33)57)36-8-5-30(3)47-41(36)56/h6-7,9,12,25-27,29,31,36H,3,5,8,10-11,13-24,28H2,1-2,4H3,(H,47,56)(H,45,46,49,50). The molecule has 2 N–H and O–H groups in total. The Morgan fingerprint density at radius 2 is 1.58 bits per heavy atom. The lowest BCUT2D eigenvalue weighted by Crippen LogP contribution is -2.51. The number of imidazole rings is 1. The molecular formula is C44H57N11O7. The lowest BCUT2D eigenvalue weighted by molar-refractivity contribution is -0.125. The van der Waals surface area contributed by atoms with E-state index < -0.39 is 17.9 Å². The van der Waals surface area contributed by atoms with Crippen molar-refractivity contribution in [3.63, 3.8) is 0 Å². The molecule has 0 radical (unpaired) electrons. The summed E-state index contributed by atoms with van der Waals surface area (Å²) in [5, 5.41) is 6.02. The molecule has 18 heteroatoms. The average Bonchev–Trinajstić information content (AvgIpc) is 3.76. The van der Waals surface area contributed by atoms with Crippen molar-refractivity contribution >= 4 is 46.3 Å². The summed E-state index contributed by atoms with van der Waals surface area (Å²) in [6, 6.07) is 8.11. The lowest BCUT2D eigenvalue weighted by atomic mass is 10.0. The van der Waals surface area contributed by atoms with Gasteiger partial charge in [-0.3, -0.25) is 29.1 Å². The summed E-state index contributed by atoms with van der Waals surface area (Å²) in [4.78, 5) is 65.5. The zero-order valence-corrected chi connectivity index (χ0v) is 35.9. The minimum atomic E-state index is -0.838. The van der Waals surface area contributed by atoms with Crippen LogP contribution in [0.1, 0.15) is 72.1 Å². The van der Waals surface area contributed by atoms with Crippen molar-refractivity contribution in [1.82, 2.24) is 44.5 Å². The predicted octanol–water partition coefficient (Wildman–Crippen LogP) is 3.78. The van der Waals surface area contributed by atoms with Gasteiger partial charge in [-0.05, 0) is 63.8 Å². The van der Waals surface area contributed by atoms with Crippen LogP contribution in [0, 0.1) is 0 Å². The largest absolute Gasteiger partial charge is 0.492 e. The predicted molar refractivity (Wildman–Crippen MR) is 232 cm³/mol. The maximum atomic E-state index is 13.2. The Kier molecular flexibility index (Phi) is 13.7. The number of methoxy groups -OCH3 is 1. The number of hydrogen-bond donors (Lipinski definition) is 2. The van der Waals surface area contributed by atoms with Crippen LogP contribution in [0.15, 0.2) is 55.0 Å². The third-order valence-corrected chi connectivity index (χ3v) is 11.9. The number of allylic oxidation sites excluding steroid dienone is 1. The van der Waals surface area contributed by atoms with E-state index in [2.05, 4.69) is 60.3 Å². The first-order chi connectivity index (χ1) is 30.1. The highest BCUT2D eigenvalue weighted by molar-refractivity contribution is 6.23. The Balaban J connectivity index is 0.720. The fourth-order valence-corrected chi connectivity index (χ4v) is 8.51. The van der Waals surface area contributed by atoms with Crippen molar-refractivity contribution in [2.45, 2.75) is 64.3 Å². The number of rotatable bonds is 18. The summed E-state index contributed by atoms with van der Waals surface area (Å²) < 4.78 is 25.7. The minimum absolute atomic E-state index is 0.163. The number of benzene rings is 1. The van der Waals surface area contributed by atoms with Crippen molar-refractivity contribution in [2.75, 3.05) is 96.1 Å². The van der Waals surface area contributed by atoms with Gasteiger partial charge in [0.05, 0.1) is 48.8 Å². The smallest absolute Gasteiger partial charge is 0.262 e. The van der Waals surface area contributed by atoms with Crippen LogP contribution in [0.5, 0.6) is 5.75 Å². The fraction of sp³-hybridized carbons (Fsp3) is 0.523. The van der Waals surface area contributed by atoms with Crippen molar-refractivity contribution in [3.05, 3.63) is 72.0 Å². The Morgan fingerprint density at radius 1 is 0.839 bits per heavy atom. The number of ether oxygens (including phenoxy) is 4. The second kappa shape index (κ2) is 19.7. The van der Waals surface area contributed by atoms with Gasteiger partial charge < -0.3 is 39.0 Å². The molecule has 18 nitrogen and oxygen atoms in total. The van der Waals surface area contributed by atoms with E-state index in [-0.39, 0.29) is 23.6 Å².